The molecule has 0 saturated carbocycles. The highest BCUT2D eigenvalue weighted by Crippen LogP contribution is 2.35. The first-order valence-electron chi connectivity index (χ1n) is 10.3. The van der Waals surface area contributed by atoms with E-state index in [1.165, 1.54) is 25.3 Å². The van der Waals surface area contributed by atoms with Gasteiger partial charge in [-0.3, -0.25) is 4.79 Å². The summed E-state index contributed by atoms with van der Waals surface area (Å²) >= 11 is 2.07. The molecule has 0 unspecified atom stereocenters. The van der Waals surface area contributed by atoms with Gasteiger partial charge in [-0.25, -0.2) is 0 Å². The summed E-state index contributed by atoms with van der Waals surface area (Å²) in [6.07, 6.45) is -3.22. The Kier molecular flexibility index (Phi) is 8.40. The van der Waals surface area contributed by atoms with E-state index in [0.717, 1.165) is 23.3 Å². The molecule has 0 spiro atoms. The number of methoxy groups -OCH3 is 1. The molecule has 0 radical (unpaired) electrons. The molecule has 0 bridgehead atoms. The van der Waals surface area contributed by atoms with Crippen molar-refractivity contribution in [2.24, 2.45) is 0 Å². The largest absolute Gasteiger partial charge is 0.493 e. The van der Waals surface area contributed by atoms with Crippen molar-refractivity contribution in [1.29, 1.82) is 5.26 Å². The topological polar surface area (TPSA) is 71.3 Å². The molecule has 0 aliphatic carbocycles. The lowest BCUT2D eigenvalue weighted by atomic mass is 10.1. The second kappa shape index (κ2) is 11.3. The van der Waals surface area contributed by atoms with Crippen molar-refractivity contribution < 1.29 is 27.4 Å². The fourth-order valence-corrected chi connectivity index (χ4v) is 3.95. The van der Waals surface area contributed by atoms with Gasteiger partial charge in [0.25, 0.3) is 5.91 Å². The van der Waals surface area contributed by atoms with Gasteiger partial charge in [-0.2, -0.15) is 18.4 Å². The number of ether oxygens (including phenoxy) is 2. The molecule has 0 aliphatic heterocycles. The minimum atomic E-state index is -4.55. The van der Waals surface area contributed by atoms with E-state index in [4.69, 9.17) is 9.47 Å². The van der Waals surface area contributed by atoms with Crippen LogP contribution in [0.2, 0.25) is 0 Å². The third-order valence-corrected chi connectivity index (χ3v) is 5.81. The van der Waals surface area contributed by atoms with Crippen molar-refractivity contribution in [2.75, 3.05) is 12.4 Å². The highest BCUT2D eigenvalue weighted by atomic mass is 127. The zero-order valence-corrected chi connectivity index (χ0v) is 20.9. The lowest BCUT2D eigenvalue weighted by Crippen LogP contribution is -2.14. The van der Waals surface area contributed by atoms with Crippen LogP contribution in [0.25, 0.3) is 6.08 Å². The molecule has 35 heavy (non-hydrogen) atoms. The molecule has 0 fully saturated rings. The number of nitriles is 1. The molecule has 3 aromatic rings. The van der Waals surface area contributed by atoms with Gasteiger partial charge in [0.05, 0.1) is 16.2 Å². The summed E-state index contributed by atoms with van der Waals surface area (Å²) < 4.78 is 50.9. The first kappa shape index (κ1) is 26.1. The van der Waals surface area contributed by atoms with Gasteiger partial charge in [-0.1, -0.05) is 30.3 Å². The van der Waals surface area contributed by atoms with Gasteiger partial charge >= 0.3 is 6.18 Å². The molecule has 0 aliphatic rings. The van der Waals surface area contributed by atoms with Crippen LogP contribution < -0.4 is 14.8 Å². The van der Waals surface area contributed by atoms with Crippen molar-refractivity contribution in [2.45, 2.75) is 19.7 Å². The monoisotopic (exact) mass is 592 g/mol. The van der Waals surface area contributed by atoms with E-state index in [0.29, 0.717) is 27.2 Å². The van der Waals surface area contributed by atoms with E-state index < -0.39 is 17.6 Å². The molecule has 180 valence electrons. The molecule has 1 N–H and O–H groups in total. The third kappa shape index (κ3) is 6.76. The van der Waals surface area contributed by atoms with Crippen molar-refractivity contribution >= 4 is 40.3 Å². The number of rotatable bonds is 7. The maximum atomic E-state index is 12.9. The van der Waals surface area contributed by atoms with Crippen molar-refractivity contribution in [3.63, 3.8) is 0 Å². The Morgan fingerprint density at radius 2 is 1.89 bits per heavy atom. The first-order valence-corrected chi connectivity index (χ1v) is 11.4. The number of hydrogen-bond acceptors (Lipinski definition) is 4. The van der Waals surface area contributed by atoms with Crippen molar-refractivity contribution in [3.05, 3.63) is 92.1 Å². The first-order chi connectivity index (χ1) is 16.6. The summed E-state index contributed by atoms with van der Waals surface area (Å²) in [5, 5.41) is 11.8. The van der Waals surface area contributed by atoms with E-state index in [2.05, 4.69) is 27.9 Å². The molecule has 5 nitrogen and oxygen atoms in total. The number of hydrogen-bond donors (Lipinski definition) is 1. The van der Waals surface area contributed by atoms with Crippen LogP contribution in [0.15, 0.2) is 66.2 Å². The average Bonchev–Trinajstić information content (AvgIpc) is 2.82. The molecule has 0 atom stereocenters. The zero-order chi connectivity index (χ0) is 25.6. The van der Waals surface area contributed by atoms with Gasteiger partial charge in [-0.05, 0) is 82.6 Å². The summed E-state index contributed by atoms with van der Waals surface area (Å²) in [5.74, 6) is 0.0911. The van der Waals surface area contributed by atoms with Crippen LogP contribution in [0.4, 0.5) is 18.9 Å². The predicted molar refractivity (Wildman–Crippen MR) is 135 cm³/mol. The lowest BCUT2D eigenvalue weighted by molar-refractivity contribution is -0.137. The number of nitrogens with one attached hydrogen (secondary N) is 1. The van der Waals surface area contributed by atoms with Gasteiger partial charge in [0.1, 0.15) is 18.2 Å². The Bertz CT molecular complexity index is 1310. The van der Waals surface area contributed by atoms with Crippen molar-refractivity contribution in [3.8, 4) is 17.6 Å². The van der Waals surface area contributed by atoms with Crippen LogP contribution in [-0.2, 0) is 17.6 Å². The number of anilines is 1. The Balaban J connectivity index is 1.83. The van der Waals surface area contributed by atoms with Gasteiger partial charge in [0.2, 0.25) is 0 Å². The number of benzene rings is 3. The van der Waals surface area contributed by atoms with Gasteiger partial charge in [-0.15, -0.1) is 0 Å². The molecule has 3 rings (SSSR count). The zero-order valence-electron chi connectivity index (χ0n) is 18.7. The molecule has 0 aromatic heterocycles. The van der Waals surface area contributed by atoms with Gasteiger partial charge in [0.15, 0.2) is 11.5 Å². The van der Waals surface area contributed by atoms with E-state index in [-0.39, 0.29) is 11.3 Å². The molecule has 1 amide bonds. The maximum absolute atomic E-state index is 12.9. The Labute approximate surface area is 214 Å². The molecule has 3 aromatic carbocycles. The molecule has 0 saturated heterocycles. The van der Waals surface area contributed by atoms with Crippen LogP contribution in [0.1, 0.15) is 22.3 Å². The maximum Gasteiger partial charge on any atom is 0.416 e. The SMILES string of the molecule is COc1cc(/C=C(/C#N)C(=O)Nc2cccc(C(F)(F)F)c2)cc(I)c1OCc1ccccc1C. The Hall–Kier alpha value is -3.52. The second-order valence-electron chi connectivity index (χ2n) is 7.45. The number of carbonyl (C=O) groups excluding carboxylic acids is 1. The van der Waals surface area contributed by atoms with E-state index in [1.807, 2.05) is 31.2 Å². The summed E-state index contributed by atoms with van der Waals surface area (Å²) in [6.45, 7) is 2.32. The lowest BCUT2D eigenvalue weighted by Gasteiger charge is -2.15. The number of amides is 1. The van der Waals surface area contributed by atoms with Crippen LogP contribution >= 0.6 is 22.6 Å². The number of aryl methyl sites for hydroxylation is 1. The molecule has 9 heteroatoms. The molecular formula is C26H20F3IN2O3. The minimum Gasteiger partial charge on any atom is -0.493 e. The quantitative estimate of drug-likeness (QED) is 0.187. The summed E-state index contributed by atoms with van der Waals surface area (Å²) in [7, 11) is 1.48. The van der Waals surface area contributed by atoms with Crippen LogP contribution in [0, 0.1) is 21.8 Å². The number of nitrogens with zero attached hydrogens (tertiary/aromatic N) is 1. The Morgan fingerprint density at radius 3 is 2.54 bits per heavy atom. The normalized spacial score (nSPS) is 11.5. The van der Waals surface area contributed by atoms with Crippen LogP contribution in [-0.4, -0.2) is 13.0 Å². The van der Waals surface area contributed by atoms with Crippen LogP contribution in [0.3, 0.4) is 0 Å². The van der Waals surface area contributed by atoms with Crippen molar-refractivity contribution in [1.82, 2.24) is 0 Å². The predicted octanol–water partition coefficient (Wildman–Crippen LogP) is 6.75. The second-order valence-corrected chi connectivity index (χ2v) is 8.61. The third-order valence-electron chi connectivity index (χ3n) is 5.01. The Morgan fingerprint density at radius 1 is 1.14 bits per heavy atom. The highest BCUT2D eigenvalue weighted by molar-refractivity contribution is 14.1. The summed E-state index contributed by atoms with van der Waals surface area (Å²) in [5.41, 5.74) is 1.34. The fourth-order valence-electron chi connectivity index (χ4n) is 3.17. The smallest absolute Gasteiger partial charge is 0.416 e. The average molecular weight is 592 g/mol. The van der Waals surface area contributed by atoms with Gasteiger partial charge in [0, 0.05) is 5.69 Å². The summed E-state index contributed by atoms with van der Waals surface area (Å²) in [4.78, 5) is 12.6. The molecule has 0 heterocycles. The number of alkyl halides is 3. The van der Waals surface area contributed by atoms with E-state index in [9.17, 15) is 23.2 Å². The van der Waals surface area contributed by atoms with E-state index in [1.54, 1.807) is 18.2 Å². The highest BCUT2D eigenvalue weighted by Gasteiger charge is 2.30. The van der Waals surface area contributed by atoms with Crippen LogP contribution in [0.5, 0.6) is 11.5 Å². The number of carbonyl (C=O) groups is 1. The number of halogens is 4. The summed E-state index contributed by atoms with van der Waals surface area (Å²) in [6, 6.07) is 17.1. The van der Waals surface area contributed by atoms with E-state index >= 15 is 0 Å². The molecular weight excluding hydrogens is 572 g/mol. The van der Waals surface area contributed by atoms with Gasteiger partial charge < -0.3 is 14.8 Å². The minimum absolute atomic E-state index is 0.0712. The standard InChI is InChI=1S/C26H20F3IN2O3/c1-16-6-3-4-7-18(16)15-35-24-22(30)11-17(12-23(24)34-2)10-19(14-31)25(33)32-21-9-5-8-20(13-21)26(27,28)29/h3-13H,15H2,1-2H3,(H,32,33)/b19-10-. The fraction of sp³-hybridized carbons (Fsp3) is 0.154.